The van der Waals surface area contributed by atoms with E-state index in [0.717, 1.165) is 4.57 Å². The predicted octanol–water partition coefficient (Wildman–Crippen LogP) is 3.05. The van der Waals surface area contributed by atoms with Gasteiger partial charge in [-0.05, 0) is 33.3 Å². The lowest BCUT2D eigenvalue weighted by molar-refractivity contribution is -0.140. The number of aromatic nitrogens is 1. The third-order valence-corrected chi connectivity index (χ3v) is 2.86. The Morgan fingerprint density at radius 3 is 2.61 bits per heavy atom. The molecule has 0 aromatic carbocycles. The summed E-state index contributed by atoms with van der Waals surface area (Å²) < 4.78 is 6.00. The molecule has 1 atom stereocenters. The Morgan fingerprint density at radius 2 is 2.13 bits per heavy atom. The van der Waals surface area contributed by atoms with Crippen molar-refractivity contribution in [2.75, 3.05) is 5.32 Å². The number of hydrogen-bond acceptors (Lipinski definition) is 4. The Morgan fingerprint density at radius 1 is 1.52 bits per heavy atom. The molecule has 1 aromatic heterocycles. The van der Waals surface area contributed by atoms with E-state index >= 15 is 0 Å². The third-order valence-electron chi connectivity index (χ3n) is 2.66. The molecule has 2 N–H and O–H groups in total. The summed E-state index contributed by atoms with van der Waals surface area (Å²) >= 11 is 5.92. The van der Waals surface area contributed by atoms with Crippen LogP contribution in [-0.4, -0.2) is 27.3 Å². The number of hydrogen-bond donors (Lipinski definition) is 2. The van der Waals surface area contributed by atoms with Gasteiger partial charge in [-0.25, -0.2) is 9.59 Å². The molecule has 1 amide bonds. The highest BCUT2D eigenvalue weighted by Crippen LogP contribution is 2.18. The number of carboxylic acids is 1. The van der Waals surface area contributed by atoms with Crippen LogP contribution in [0.4, 0.5) is 10.5 Å². The standard InChI is InChI=1S/C15H19ClN2O5/c1-5-6-11(13(20)21)18-8-9(16)7-10(12(18)19)17-14(22)23-15(2,3)4/h5,7-8,11H,1,6H2,2-4H3,(H,17,22)(H,20,21)/t11-/m0/s1. The van der Waals surface area contributed by atoms with Crippen LogP contribution in [0.2, 0.25) is 5.02 Å². The minimum Gasteiger partial charge on any atom is -0.480 e. The summed E-state index contributed by atoms with van der Waals surface area (Å²) in [6.07, 6.45) is 1.78. The number of rotatable bonds is 5. The molecular formula is C15H19ClN2O5. The molecular weight excluding hydrogens is 324 g/mol. The molecule has 0 bridgehead atoms. The van der Waals surface area contributed by atoms with E-state index in [9.17, 15) is 19.5 Å². The minimum absolute atomic E-state index is 0.0292. The van der Waals surface area contributed by atoms with Crippen LogP contribution in [0.1, 0.15) is 33.2 Å². The maximum absolute atomic E-state index is 12.4. The number of carbonyl (C=O) groups excluding carboxylic acids is 1. The molecule has 8 heteroatoms. The van der Waals surface area contributed by atoms with E-state index in [-0.39, 0.29) is 17.1 Å². The number of carbonyl (C=O) groups is 2. The molecule has 0 saturated carbocycles. The van der Waals surface area contributed by atoms with Crippen LogP contribution in [0.15, 0.2) is 29.7 Å². The van der Waals surface area contributed by atoms with Crippen molar-refractivity contribution >= 4 is 29.4 Å². The number of ether oxygens (including phenoxy) is 1. The van der Waals surface area contributed by atoms with Crippen LogP contribution in [0, 0.1) is 0 Å². The molecule has 1 heterocycles. The molecule has 1 aromatic rings. The number of pyridine rings is 1. The fourth-order valence-corrected chi connectivity index (χ4v) is 2.01. The van der Waals surface area contributed by atoms with E-state index in [1.807, 2.05) is 0 Å². The molecule has 0 fully saturated rings. The van der Waals surface area contributed by atoms with Gasteiger partial charge in [-0.1, -0.05) is 17.7 Å². The number of amides is 1. The zero-order chi connectivity index (χ0) is 17.8. The molecule has 0 unspecified atom stereocenters. The summed E-state index contributed by atoms with van der Waals surface area (Å²) in [7, 11) is 0. The summed E-state index contributed by atoms with van der Waals surface area (Å²) in [5.74, 6) is -1.21. The van der Waals surface area contributed by atoms with Crippen molar-refractivity contribution in [2.45, 2.75) is 38.8 Å². The molecule has 1 rings (SSSR count). The van der Waals surface area contributed by atoms with Crippen LogP contribution in [0.5, 0.6) is 0 Å². The first-order valence-electron chi connectivity index (χ1n) is 6.80. The van der Waals surface area contributed by atoms with Crippen LogP contribution in [-0.2, 0) is 9.53 Å². The van der Waals surface area contributed by atoms with Gasteiger partial charge < -0.3 is 9.84 Å². The van der Waals surface area contributed by atoms with Crippen molar-refractivity contribution in [3.63, 3.8) is 0 Å². The topological polar surface area (TPSA) is 97.6 Å². The van der Waals surface area contributed by atoms with Crippen LogP contribution in [0.25, 0.3) is 0 Å². The fraction of sp³-hybridized carbons (Fsp3) is 0.400. The Balaban J connectivity index is 3.21. The highest BCUT2D eigenvalue weighted by molar-refractivity contribution is 6.30. The number of anilines is 1. The number of carboxylic acid groups (broad SMARTS) is 1. The lowest BCUT2D eigenvalue weighted by Crippen LogP contribution is -2.33. The molecule has 0 aliphatic heterocycles. The second-order valence-electron chi connectivity index (χ2n) is 5.79. The van der Waals surface area contributed by atoms with Crippen molar-refractivity contribution in [1.82, 2.24) is 4.57 Å². The second kappa shape index (κ2) is 7.32. The smallest absolute Gasteiger partial charge is 0.412 e. The molecule has 7 nitrogen and oxygen atoms in total. The van der Waals surface area contributed by atoms with Gasteiger partial charge in [-0.15, -0.1) is 6.58 Å². The van der Waals surface area contributed by atoms with Crippen molar-refractivity contribution in [3.05, 3.63) is 40.3 Å². The quantitative estimate of drug-likeness (QED) is 0.801. The van der Waals surface area contributed by atoms with Crippen LogP contribution in [0.3, 0.4) is 0 Å². The summed E-state index contributed by atoms with van der Waals surface area (Å²) in [6.45, 7) is 8.49. The van der Waals surface area contributed by atoms with Gasteiger partial charge in [0.1, 0.15) is 17.3 Å². The second-order valence-corrected chi connectivity index (χ2v) is 6.23. The van der Waals surface area contributed by atoms with Crippen LogP contribution >= 0.6 is 11.6 Å². The van der Waals surface area contributed by atoms with E-state index in [2.05, 4.69) is 11.9 Å². The van der Waals surface area contributed by atoms with E-state index in [1.165, 1.54) is 18.3 Å². The molecule has 0 saturated heterocycles. The number of nitrogens with one attached hydrogen (secondary N) is 1. The van der Waals surface area contributed by atoms with Gasteiger partial charge in [0.2, 0.25) is 0 Å². The molecule has 0 spiro atoms. The summed E-state index contributed by atoms with van der Waals surface area (Å²) in [4.78, 5) is 35.5. The van der Waals surface area contributed by atoms with Gasteiger partial charge in [0.05, 0.1) is 5.02 Å². The lowest BCUT2D eigenvalue weighted by Gasteiger charge is -2.20. The number of nitrogens with zero attached hydrogens (tertiary/aromatic N) is 1. The maximum Gasteiger partial charge on any atom is 0.412 e. The minimum atomic E-state index is -1.21. The summed E-state index contributed by atoms with van der Waals surface area (Å²) in [6, 6.07) is 0.0646. The highest BCUT2D eigenvalue weighted by atomic mass is 35.5. The van der Waals surface area contributed by atoms with Gasteiger partial charge in [-0.2, -0.15) is 0 Å². The first kappa shape index (κ1) is 18.8. The van der Waals surface area contributed by atoms with Crippen molar-refractivity contribution in [2.24, 2.45) is 0 Å². The van der Waals surface area contributed by atoms with E-state index < -0.39 is 29.3 Å². The average molecular weight is 343 g/mol. The van der Waals surface area contributed by atoms with Gasteiger partial charge in [0.15, 0.2) is 0 Å². The number of halogens is 1. The molecule has 126 valence electrons. The summed E-state index contributed by atoms with van der Waals surface area (Å²) in [5, 5.41) is 11.6. The van der Waals surface area contributed by atoms with Crippen molar-refractivity contribution in [3.8, 4) is 0 Å². The Kier molecular flexibility index (Phi) is 5.98. The molecule has 0 radical (unpaired) electrons. The zero-order valence-electron chi connectivity index (χ0n) is 13.1. The van der Waals surface area contributed by atoms with E-state index in [1.54, 1.807) is 20.8 Å². The molecule has 23 heavy (non-hydrogen) atoms. The summed E-state index contributed by atoms with van der Waals surface area (Å²) in [5.41, 5.74) is -1.61. The van der Waals surface area contributed by atoms with Gasteiger partial charge in [0.25, 0.3) is 5.56 Å². The lowest BCUT2D eigenvalue weighted by atomic mass is 10.2. The zero-order valence-corrected chi connectivity index (χ0v) is 13.9. The first-order chi connectivity index (χ1) is 10.5. The van der Waals surface area contributed by atoms with Crippen LogP contribution < -0.4 is 10.9 Å². The van der Waals surface area contributed by atoms with E-state index in [0.29, 0.717) is 0 Å². The van der Waals surface area contributed by atoms with Gasteiger partial charge in [-0.3, -0.25) is 14.7 Å². The Labute approximate surface area is 138 Å². The van der Waals surface area contributed by atoms with Crippen molar-refractivity contribution < 1.29 is 19.4 Å². The Bertz CT molecular complexity index is 675. The first-order valence-corrected chi connectivity index (χ1v) is 7.18. The molecule has 0 aliphatic rings. The third kappa shape index (κ3) is 5.45. The SMILES string of the molecule is C=CC[C@@H](C(=O)O)n1cc(Cl)cc(NC(=O)OC(C)(C)C)c1=O. The maximum atomic E-state index is 12.4. The van der Waals surface area contributed by atoms with Crippen molar-refractivity contribution in [1.29, 1.82) is 0 Å². The number of allylic oxidation sites excluding steroid dienone is 1. The van der Waals surface area contributed by atoms with E-state index in [4.69, 9.17) is 16.3 Å². The van der Waals surface area contributed by atoms with Gasteiger partial charge in [0, 0.05) is 6.20 Å². The van der Waals surface area contributed by atoms with Gasteiger partial charge >= 0.3 is 12.1 Å². The molecule has 0 aliphatic carbocycles. The predicted molar refractivity (Wildman–Crippen MR) is 87.1 cm³/mol. The normalized spacial score (nSPS) is 12.3. The number of aliphatic carboxylic acids is 1. The fourth-order valence-electron chi connectivity index (χ4n) is 1.79. The highest BCUT2D eigenvalue weighted by Gasteiger charge is 2.23. The largest absolute Gasteiger partial charge is 0.480 e. The average Bonchev–Trinajstić information content (AvgIpc) is 2.37. The monoisotopic (exact) mass is 342 g/mol. The Hall–Kier alpha value is -2.28.